The van der Waals surface area contributed by atoms with Crippen molar-refractivity contribution in [3.05, 3.63) is 95.3 Å². The Hall–Kier alpha value is -3.73. The van der Waals surface area contributed by atoms with Gasteiger partial charge in [0.25, 0.3) is 0 Å². The van der Waals surface area contributed by atoms with Crippen molar-refractivity contribution >= 4 is 27.6 Å². The van der Waals surface area contributed by atoms with Gasteiger partial charge >= 0.3 is 0 Å². The standard InChI is InChI=1S/C22H16N4O/c27-22(21-18-7-3-4-8-19(18)25-26-21)17-6-2-1-5-15(17)11-14-9-10-16-13-23-24-20(16)12-14/h1-10,12-13H,11H2,(H,23,24)(H,25,26). The van der Waals surface area contributed by atoms with Crippen LogP contribution in [0.4, 0.5) is 0 Å². The topological polar surface area (TPSA) is 74.4 Å². The maximum Gasteiger partial charge on any atom is 0.214 e. The number of fused-ring (bicyclic) bond motifs is 2. The molecule has 0 aliphatic rings. The fourth-order valence-electron chi connectivity index (χ4n) is 3.47. The van der Waals surface area contributed by atoms with Gasteiger partial charge in [-0.2, -0.15) is 10.2 Å². The van der Waals surface area contributed by atoms with Crippen molar-refractivity contribution in [2.45, 2.75) is 6.42 Å². The molecule has 3 aromatic carbocycles. The average molecular weight is 352 g/mol. The van der Waals surface area contributed by atoms with Crippen LogP contribution in [0.25, 0.3) is 21.8 Å². The minimum atomic E-state index is -0.0642. The van der Waals surface area contributed by atoms with Crippen LogP contribution in [0, 0.1) is 0 Å². The molecule has 0 amide bonds. The molecule has 5 aromatic rings. The van der Waals surface area contributed by atoms with Gasteiger partial charge in [-0.05, 0) is 29.7 Å². The van der Waals surface area contributed by atoms with E-state index in [1.165, 1.54) is 0 Å². The lowest BCUT2D eigenvalue weighted by Crippen LogP contribution is -2.07. The number of hydrogen-bond acceptors (Lipinski definition) is 3. The number of aromatic amines is 2. The number of aromatic nitrogens is 4. The van der Waals surface area contributed by atoms with Crippen molar-refractivity contribution in [1.29, 1.82) is 0 Å². The van der Waals surface area contributed by atoms with Crippen LogP contribution in [0.2, 0.25) is 0 Å². The Balaban J connectivity index is 1.54. The molecule has 5 rings (SSSR count). The molecule has 130 valence electrons. The van der Waals surface area contributed by atoms with Gasteiger partial charge in [0.2, 0.25) is 5.78 Å². The Labute approximate surface area is 155 Å². The summed E-state index contributed by atoms with van der Waals surface area (Å²) in [4.78, 5) is 13.2. The van der Waals surface area contributed by atoms with Gasteiger partial charge in [-0.25, -0.2) is 0 Å². The summed E-state index contributed by atoms with van der Waals surface area (Å²) in [6, 6.07) is 21.6. The van der Waals surface area contributed by atoms with Crippen molar-refractivity contribution < 1.29 is 4.79 Å². The lowest BCUT2D eigenvalue weighted by atomic mass is 9.95. The molecule has 0 aliphatic heterocycles. The highest BCUT2D eigenvalue weighted by Crippen LogP contribution is 2.23. The van der Waals surface area contributed by atoms with Crippen LogP contribution in [-0.2, 0) is 6.42 Å². The van der Waals surface area contributed by atoms with Crippen molar-refractivity contribution in [2.75, 3.05) is 0 Å². The highest BCUT2D eigenvalue weighted by Gasteiger charge is 2.18. The third-order valence-corrected chi connectivity index (χ3v) is 4.85. The number of ketones is 1. The Morgan fingerprint density at radius 1 is 0.889 bits per heavy atom. The SMILES string of the molecule is O=C(c1ccccc1Cc1ccc2cn[nH]c2c1)c1n[nH]c2ccccc12. The van der Waals surface area contributed by atoms with Crippen LogP contribution >= 0.6 is 0 Å². The summed E-state index contributed by atoms with van der Waals surface area (Å²) < 4.78 is 0. The van der Waals surface area contributed by atoms with Crippen molar-refractivity contribution in [2.24, 2.45) is 0 Å². The Kier molecular flexibility index (Phi) is 3.57. The molecule has 0 atom stereocenters. The van der Waals surface area contributed by atoms with Gasteiger partial charge in [-0.1, -0.05) is 54.6 Å². The molecule has 2 N–H and O–H groups in total. The average Bonchev–Trinajstić information content (AvgIpc) is 3.34. The van der Waals surface area contributed by atoms with Gasteiger partial charge < -0.3 is 0 Å². The van der Waals surface area contributed by atoms with Crippen LogP contribution < -0.4 is 0 Å². The quantitative estimate of drug-likeness (QED) is 0.475. The second kappa shape index (κ2) is 6.21. The molecule has 0 radical (unpaired) electrons. The van der Waals surface area contributed by atoms with Crippen LogP contribution in [-0.4, -0.2) is 26.2 Å². The van der Waals surface area contributed by atoms with Gasteiger partial charge in [-0.3, -0.25) is 15.0 Å². The molecular formula is C22H16N4O. The predicted molar refractivity (Wildman–Crippen MR) is 105 cm³/mol. The number of para-hydroxylation sites is 1. The van der Waals surface area contributed by atoms with Gasteiger partial charge in [-0.15, -0.1) is 0 Å². The first-order chi connectivity index (χ1) is 13.3. The van der Waals surface area contributed by atoms with Gasteiger partial charge in [0.1, 0.15) is 5.69 Å². The molecule has 0 saturated carbocycles. The van der Waals surface area contributed by atoms with E-state index in [1.54, 1.807) is 6.20 Å². The normalized spacial score (nSPS) is 11.3. The number of carbonyl (C=O) groups excluding carboxylic acids is 1. The van der Waals surface area contributed by atoms with Crippen molar-refractivity contribution in [3.63, 3.8) is 0 Å². The van der Waals surface area contributed by atoms with E-state index in [2.05, 4.69) is 32.5 Å². The molecule has 2 aromatic heterocycles. The van der Waals surface area contributed by atoms with E-state index in [0.717, 1.165) is 32.9 Å². The molecule has 0 unspecified atom stereocenters. The zero-order valence-corrected chi connectivity index (χ0v) is 14.4. The first-order valence-electron chi connectivity index (χ1n) is 8.77. The molecule has 0 fully saturated rings. The number of nitrogens with one attached hydrogen (secondary N) is 2. The largest absolute Gasteiger partial charge is 0.287 e. The predicted octanol–water partition coefficient (Wildman–Crippen LogP) is 4.26. The Morgan fingerprint density at radius 2 is 1.74 bits per heavy atom. The maximum absolute atomic E-state index is 13.2. The van der Waals surface area contributed by atoms with E-state index in [1.807, 2.05) is 54.6 Å². The number of rotatable bonds is 4. The molecule has 0 bridgehead atoms. The highest BCUT2D eigenvalue weighted by atomic mass is 16.1. The minimum absolute atomic E-state index is 0.0642. The van der Waals surface area contributed by atoms with Gasteiger partial charge in [0.15, 0.2) is 0 Å². The number of H-pyrrole nitrogens is 2. The summed E-state index contributed by atoms with van der Waals surface area (Å²) in [6.07, 6.45) is 2.47. The number of carbonyl (C=O) groups is 1. The molecule has 5 heteroatoms. The molecule has 0 saturated heterocycles. The van der Waals surface area contributed by atoms with E-state index >= 15 is 0 Å². The second-order valence-electron chi connectivity index (χ2n) is 6.57. The third kappa shape index (κ3) is 2.69. The van der Waals surface area contributed by atoms with E-state index < -0.39 is 0 Å². The van der Waals surface area contributed by atoms with Crippen LogP contribution in [0.3, 0.4) is 0 Å². The van der Waals surface area contributed by atoms with Crippen LogP contribution in [0.1, 0.15) is 27.2 Å². The minimum Gasteiger partial charge on any atom is -0.287 e. The van der Waals surface area contributed by atoms with Gasteiger partial charge in [0.05, 0.1) is 17.2 Å². The van der Waals surface area contributed by atoms with Crippen LogP contribution in [0.5, 0.6) is 0 Å². The zero-order chi connectivity index (χ0) is 18.2. The second-order valence-corrected chi connectivity index (χ2v) is 6.57. The summed E-state index contributed by atoms with van der Waals surface area (Å²) in [7, 11) is 0. The van der Waals surface area contributed by atoms with Crippen molar-refractivity contribution in [3.8, 4) is 0 Å². The summed E-state index contributed by atoms with van der Waals surface area (Å²) in [6.45, 7) is 0. The van der Waals surface area contributed by atoms with E-state index in [4.69, 9.17) is 0 Å². The highest BCUT2D eigenvalue weighted by molar-refractivity contribution is 6.15. The summed E-state index contributed by atoms with van der Waals surface area (Å²) in [5.41, 5.74) is 5.10. The maximum atomic E-state index is 13.2. The number of nitrogens with zero attached hydrogens (tertiary/aromatic N) is 2. The number of benzene rings is 3. The van der Waals surface area contributed by atoms with Crippen LogP contribution in [0.15, 0.2) is 72.9 Å². The molecule has 0 spiro atoms. The summed E-state index contributed by atoms with van der Waals surface area (Å²) in [5.74, 6) is -0.0642. The molecule has 0 aliphatic carbocycles. The van der Waals surface area contributed by atoms with E-state index in [0.29, 0.717) is 17.7 Å². The first kappa shape index (κ1) is 15.5. The Morgan fingerprint density at radius 3 is 2.70 bits per heavy atom. The van der Waals surface area contributed by atoms with Gasteiger partial charge in [0, 0.05) is 16.3 Å². The zero-order valence-electron chi connectivity index (χ0n) is 14.4. The Bertz CT molecular complexity index is 1280. The smallest absolute Gasteiger partial charge is 0.214 e. The number of hydrogen-bond donors (Lipinski definition) is 2. The lowest BCUT2D eigenvalue weighted by molar-refractivity contribution is 0.103. The summed E-state index contributed by atoms with van der Waals surface area (Å²) in [5, 5.41) is 16.2. The first-order valence-corrected chi connectivity index (χ1v) is 8.77. The molecule has 5 nitrogen and oxygen atoms in total. The van der Waals surface area contributed by atoms with E-state index in [9.17, 15) is 4.79 Å². The lowest BCUT2D eigenvalue weighted by Gasteiger charge is -2.08. The molecule has 2 heterocycles. The van der Waals surface area contributed by atoms with Crippen molar-refractivity contribution in [1.82, 2.24) is 20.4 Å². The third-order valence-electron chi connectivity index (χ3n) is 4.85. The molecule has 27 heavy (non-hydrogen) atoms. The van der Waals surface area contributed by atoms with E-state index in [-0.39, 0.29) is 5.78 Å². The molecular weight excluding hydrogens is 336 g/mol. The fourth-order valence-corrected chi connectivity index (χ4v) is 3.47. The summed E-state index contributed by atoms with van der Waals surface area (Å²) >= 11 is 0. The monoisotopic (exact) mass is 352 g/mol. The fraction of sp³-hybridized carbons (Fsp3) is 0.0455.